The molecule has 19 heavy (non-hydrogen) atoms. The van der Waals surface area contributed by atoms with E-state index in [0.717, 1.165) is 5.69 Å². The summed E-state index contributed by atoms with van der Waals surface area (Å²) in [4.78, 5) is 12.2. The molecule has 1 aromatic rings. The molecule has 0 fully saturated rings. The fourth-order valence-electron chi connectivity index (χ4n) is 1.58. The van der Waals surface area contributed by atoms with Crippen molar-refractivity contribution in [1.29, 1.82) is 0 Å². The second-order valence-electron chi connectivity index (χ2n) is 5.49. The van der Waals surface area contributed by atoms with E-state index in [-0.39, 0.29) is 17.6 Å². The predicted molar refractivity (Wildman–Crippen MR) is 78.6 cm³/mol. The minimum atomic E-state index is -0.365. The van der Waals surface area contributed by atoms with E-state index < -0.39 is 0 Å². The van der Waals surface area contributed by atoms with Gasteiger partial charge in [-0.3, -0.25) is 4.79 Å². The molecule has 4 nitrogen and oxygen atoms in total. The Morgan fingerprint density at radius 3 is 2.53 bits per heavy atom. The van der Waals surface area contributed by atoms with Crippen molar-refractivity contribution in [2.24, 2.45) is 0 Å². The summed E-state index contributed by atoms with van der Waals surface area (Å²) in [6.07, 6.45) is 0. The molecule has 4 heteroatoms. The predicted octanol–water partition coefficient (Wildman–Crippen LogP) is 2.66. The monoisotopic (exact) mass is 264 g/mol. The number of ether oxygens (including phenoxy) is 1. The Hall–Kier alpha value is -1.55. The lowest BCUT2D eigenvalue weighted by molar-refractivity contribution is 0.0229. The van der Waals surface area contributed by atoms with Crippen LogP contribution >= 0.6 is 0 Å². The molecule has 0 aliphatic heterocycles. The van der Waals surface area contributed by atoms with Crippen molar-refractivity contribution >= 4 is 11.6 Å². The second kappa shape index (κ2) is 6.57. The van der Waals surface area contributed by atoms with Gasteiger partial charge in [-0.05, 0) is 39.8 Å². The summed E-state index contributed by atoms with van der Waals surface area (Å²) >= 11 is 0. The highest BCUT2D eigenvalue weighted by atomic mass is 16.5. The molecule has 0 saturated heterocycles. The molecule has 0 atom stereocenters. The maximum atomic E-state index is 12.2. The van der Waals surface area contributed by atoms with Crippen LogP contribution in [0.25, 0.3) is 0 Å². The van der Waals surface area contributed by atoms with Gasteiger partial charge in [0.05, 0.1) is 11.2 Å². The standard InChI is InChI=1S/C15H24N2O2/c1-11(2)17-13-9-7-6-8-12(13)14(18)16-10-15(3,4)19-5/h6-9,11,17H,10H2,1-5H3,(H,16,18). The lowest BCUT2D eigenvalue weighted by atomic mass is 10.1. The average molecular weight is 264 g/mol. The first kappa shape index (κ1) is 15.5. The Kier molecular flexibility index (Phi) is 5.36. The topological polar surface area (TPSA) is 50.4 Å². The molecule has 106 valence electrons. The quantitative estimate of drug-likeness (QED) is 0.830. The molecule has 0 heterocycles. The first-order valence-corrected chi connectivity index (χ1v) is 6.54. The molecule has 2 N–H and O–H groups in total. The summed E-state index contributed by atoms with van der Waals surface area (Å²) < 4.78 is 5.29. The molecule has 0 radical (unpaired) electrons. The molecular weight excluding hydrogens is 240 g/mol. The fraction of sp³-hybridized carbons (Fsp3) is 0.533. The van der Waals surface area contributed by atoms with Crippen LogP contribution in [0.1, 0.15) is 38.1 Å². The van der Waals surface area contributed by atoms with Crippen LogP contribution < -0.4 is 10.6 Å². The minimum absolute atomic E-state index is 0.0890. The van der Waals surface area contributed by atoms with E-state index in [1.807, 2.05) is 52.0 Å². The SMILES string of the molecule is COC(C)(C)CNC(=O)c1ccccc1NC(C)C. The van der Waals surface area contributed by atoms with E-state index in [4.69, 9.17) is 4.74 Å². The molecule has 0 aliphatic rings. The first-order chi connectivity index (χ1) is 8.85. The van der Waals surface area contributed by atoms with Gasteiger partial charge in [-0.15, -0.1) is 0 Å². The van der Waals surface area contributed by atoms with Crippen molar-refractivity contribution in [2.75, 3.05) is 19.0 Å². The largest absolute Gasteiger partial charge is 0.382 e. The number of benzene rings is 1. The van der Waals surface area contributed by atoms with Crippen molar-refractivity contribution in [2.45, 2.75) is 39.3 Å². The number of hydrogen-bond acceptors (Lipinski definition) is 3. The fourth-order valence-corrected chi connectivity index (χ4v) is 1.58. The molecule has 1 rings (SSSR count). The normalized spacial score (nSPS) is 11.5. The zero-order chi connectivity index (χ0) is 14.5. The van der Waals surface area contributed by atoms with Crippen LogP contribution in [0.15, 0.2) is 24.3 Å². The number of anilines is 1. The van der Waals surface area contributed by atoms with Gasteiger partial charge in [0, 0.05) is 25.4 Å². The van der Waals surface area contributed by atoms with E-state index in [9.17, 15) is 4.79 Å². The Labute approximate surface area is 115 Å². The number of rotatable bonds is 6. The van der Waals surface area contributed by atoms with Crippen molar-refractivity contribution in [3.63, 3.8) is 0 Å². The molecule has 0 saturated carbocycles. The van der Waals surface area contributed by atoms with Crippen LogP contribution in [0.4, 0.5) is 5.69 Å². The van der Waals surface area contributed by atoms with Gasteiger partial charge in [0.15, 0.2) is 0 Å². The summed E-state index contributed by atoms with van der Waals surface area (Å²) in [6, 6.07) is 7.79. The molecule has 0 unspecified atom stereocenters. The highest BCUT2D eigenvalue weighted by Gasteiger charge is 2.19. The molecule has 0 aliphatic carbocycles. The minimum Gasteiger partial charge on any atom is -0.382 e. The number of hydrogen-bond donors (Lipinski definition) is 2. The maximum absolute atomic E-state index is 12.2. The first-order valence-electron chi connectivity index (χ1n) is 6.54. The van der Waals surface area contributed by atoms with Gasteiger partial charge in [0.2, 0.25) is 0 Å². The summed E-state index contributed by atoms with van der Waals surface area (Å²) in [5.74, 6) is -0.0890. The maximum Gasteiger partial charge on any atom is 0.253 e. The molecule has 0 spiro atoms. The van der Waals surface area contributed by atoms with E-state index in [1.54, 1.807) is 7.11 Å². The molecular formula is C15H24N2O2. The summed E-state index contributed by atoms with van der Waals surface area (Å²) in [5.41, 5.74) is 1.14. The third-order valence-electron chi connectivity index (χ3n) is 2.84. The van der Waals surface area contributed by atoms with Gasteiger partial charge in [0.25, 0.3) is 5.91 Å². The molecule has 1 aromatic carbocycles. The zero-order valence-electron chi connectivity index (χ0n) is 12.4. The van der Waals surface area contributed by atoms with Crippen molar-refractivity contribution < 1.29 is 9.53 Å². The van der Waals surface area contributed by atoms with E-state index in [2.05, 4.69) is 10.6 Å². The van der Waals surface area contributed by atoms with Gasteiger partial charge in [-0.25, -0.2) is 0 Å². The van der Waals surface area contributed by atoms with Crippen LogP contribution in [-0.2, 0) is 4.74 Å². The zero-order valence-corrected chi connectivity index (χ0v) is 12.4. The second-order valence-corrected chi connectivity index (χ2v) is 5.49. The molecule has 0 bridgehead atoms. The van der Waals surface area contributed by atoms with Gasteiger partial charge in [-0.2, -0.15) is 0 Å². The van der Waals surface area contributed by atoms with Crippen LogP contribution in [-0.4, -0.2) is 31.2 Å². The number of carbonyl (C=O) groups excluding carboxylic acids is 1. The number of para-hydroxylation sites is 1. The van der Waals surface area contributed by atoms with Crippen LogP contribution in [0.5, 0.6) is 0 Å². The van der Waals surface area contributed by atoms with Crippen molar-refractivity contribution in [1.82, 2.24) is 5.32 Å². The molecule has 1 amide bonds. The highest BCUT2D eigenvalue weighted by molar-refractivity contribution is 5.99. The summed E-state index contributed by atoms with van der Waals surface area (Å²) in [6.45, 7) is 8.43. The van der Waals surface area contributed by atoms with Gasteiger partial charge in [-0.1, -0.05) is 12.1 Å². The Morgan fingerprint density at radius 1 is 1.32 bits per heavy atom. The Bertz CT molecular complexity index is 428. The van der Waals surface area contributed by atoms with E-state index in [1.165, 1.54) is 0 Å². The third-order valence-corrected chi connectivity index (χ3v) is 2.84. The van der Waals surface area contributed by atoms with Gasteiger partial charge >= 0.3 is 0 Å². The van der Waals surface area contributed by atoms with Gasteiger partial charge in [0.1, 0.15) is 0 Å². The van der Waals surface area contributed by atoms with E-state index in [0.29, 0.717) is 12.1 Å². The Morgan fingerprint density at radius 2 is 1.95 bits per heavy atom. The summed E-state index contributed by atoms with van der Waals surface area (Å²) in [5, 5.41) is 6.17. The Balaban J connectivity index is 2.77. The van der Waals surface area contributed by atoms with Crippen LogP contribution in [0, 0.1) is 0 Å². The average Bonchev–Trinajstić information content (AvgIpc) is 2.36. The molecule has 0 aromatic heterocycles. The lowest BCUT2D eigenvalue weighted by Gasteiger charge is -2.23. The number of methoxy groups -OCH3 is 1. The number of nitrogens with one attached hydrogen (secondary N) is 2. The number of amides is 1. The van der Waals surface area contributed by atoms with Crippen LogP contribution in [0.2, 0.25) is 0 Å². The lowest BCUT2D eigenvalue weighted by Crippen LogP contribution is -2.40. The van der Waals surface area contributed by atoms with Crippen LogP contribution in [0.3, 0.4) is 0 Å². The number of carbonyl (C=O) groups is 1. The highest BCUT2D eigenvalue weighted by Crippen LogP contribution is 2.16. The van der Waals surface area contributed by atoms with Crippen molar-refractivity contribution in [3.05, 3.63) is 29.8 Å². The van der Waals surface area contributed by atoms with Gasteiger partial charge < -0.3 is 15.4 Å². The van der Waals surface area contributed by atoms with E-state index >= 15 is 0 Å². The smallest absolute Gasteiger partial charge is 0.253 e. The third kappa shape index (κ3) is 4.91. The van der Waals surface area contributed by atoms with Crippen molar-refractivity contribution in [3.8, 4) is 0 Å². The summed E-state index contributed by atoms with van der Waals surface area (Å²) in [7, 11) is 1.64.